The molecule has 0 aromatic carbocycles. The van der Waals surface area contributed by atoms with Gasteiger partial charge in [0.2, 0.25) is 0 Å². The van der Waals surface area contributed by atoms with E-state index in [2.05, 4.69) is 22.0 Å². The first-order valence-electron chi connectivity index (χ1n) is 8.08. The van der Waals surface area contributed by atoms with Crippen molar-refractivity contribution >= 4 is 0 Å². The second-order valence-electron chi connectivity index (χ2n) is 6.40. The first-order chi connectivity index (χ1) is 8.86. The van der Waals surface area contributed by atoms with Crippen LogP contribution < -0.4 is 5.32 Å². The third kappa shape index (κ3) is 2.73. The molecule has 3 unspecified atom stereocenters. The largest absolute Gasteiger partial charge is 0.314 e. The summed E-state index contributed by atoms with van der Waals surface area (Å²) in [6.07, 6.45) is 8.53. The van der Waals surface area contributed by atoms with Gasteiger partial charge in [-0.2, -0.15) is 0 Å². The van der Waals surface area contributed by atoms with Crippen molar-refractivity contribution < 1.29 is 0 Å². The third-order valence-corrected chi connectivity index (χ3v) is 5.27. The predicted octanol–water partition coefficient (Wildman–Crippen LogP) is 1.69. The summed E-state index contributed by atoms with van der Waals surface area (Å²) < 4.78 is 0. The number of nitrogens with one attached hydrogen (secondary N) is 1. The average molecular weight is 251 g/mol. The van der Waals surface area contributed by atoms with Crippen LogP contribution in [0.4, 0.5) is 0 Å². The van der Waals surface area contributed by atoms with Crippen LogP contribution in [0.1, 0.15) is 45.4 Å². The molecule has 104 valence electrons. The Kier molecular flexibility index (Phi) is 4.22. The minimum Gasteiger partial charge on any atom is -0.314 e. The summed E-state index contributed by atoms with van der Waals surface area (Å²) in [6.45, 7) is 8.73. The minimum absolute atomic E-state index is 0.787. The summed E-state index contributed by atoms with van der Waals surface area (Å²) in [4.78, 5) is 5.54. The van der Waals surface area contributed by atoms with Gasteiger partial charge >= 0.3 is 0 Å². The molecule has 1 aliphatic carbocycles. The monoisotopic (exact) mass is 251 g/mol. The van der Waals surface area contributed by atoms with Gasteiger partial charge in [0.25, 0.3) is 0 Å². The van der Waals surface area contributed by atoms with Crippen LogP contribution in [0.25, 0.3) is 0 Å². The lowest BCUT2D eigenvalue weighted by molar-refractivity contribution is 0.0517. The molecule has 0 spiro atoms. The van der Waals surface area contributed by atoms with Crippen molar-refractivity contribution in [2.45, 2.75) is 63.6 Å². The van der Waals surface area contributed by atoms with Crippen molar-refractivity contribution in [3.8, 4) is 0 Å². The first kappa shape index (κ1) is 12.9. The van der Waals surface area contributed by atoms with Gasteiger partial charge in [-0.15, -0.1) is 0 Å². The van der Waals surface area contributed by atoms with Crippen molar-refractivity contribution in [1.82, 2.24) is 15.1 Å². The number of nitrogens with zero attached hydrogens (tertiary/aromatic N) is 2. The molecule has 0 bridgehead atoms. The lowest BCUT2D eigenvalue weighted by atomic mass is 9.89. The maximum Gasteiger partial charge on any atom is 0.0224 e. The number of hydrogen-bond donors (Lipinski definition) is 1. The van der Waals surface area contributed by atoms with Gasteiger partial charge in [-0.1, -0.05) is 13.3 Å². The molecule has 2 aliphatic heterocycles. The summed E-state index contributed by atoms with van der Waals surface area (Å²) in [5.41, 5.74) is 0. The zero-order valence-corrected chi connectivity index (χ0v) is 11.9. The fourth-order valence-electron chi connectivity index (χ4n) is 4.32. The van der Waals surface area contributed by atoms with Crippen LogP contribution >= 0.6 is 0 Å². The normalized spacial score (nSPS) is 38.8. The smallest absolute Gasteiger partial charge is 0.0224 e. The minimum atomic E-state index is 0.787. The molecule has 18 heavy (non-hydrogen) atoms. The molecule has 3 fully saturated rings. The maximum absolute atomic E-state index is 3.66. The molecule has 0 amide bonds. The highest BCUT2D eigenvalue weighted by molar-refractivity contribution is 4.92. The molecule has 2 heterocycles. The second kappa shape index (κ2) is 5.89. The SMILES string of the molecule is CCNC1CCCC(N2CCN3CCCC3C2)C1. The summed E-state index contributed by atoms with van der Waals surface area (Å²) in [6, 6.07) is 2.54. The first-order valence-corrected chi connectivity index (χ1v) is 8.08. The molecule has 3 aliphatic rings. The number of piperazine rings is 1. The predicted molar refractivity (Wildman–Crippen MR) is 75.9 cm³/mol. The van der Waals surface area contributed by atoms with Gasteiger partial charge < -0.3 is 5.32 Å². The quantitative estimate of drug-likeness (QED) is 0.823. The highest BCUT2D eigenvalue weighted by Crippen LogP contribution is 2.28. The van der Waals surface area contributed by atoms with E-state index in [1.54, 1.807) is 0 Å². The van der Waals surface area contributed by atoms with E-state index < -0.39 is 0 Å². The maximum atomic E-state index is 3.66. The second-order valence-corrected chi connectivity index (χ2v) is 6.40. The van der Waals surface area contributed by atoms with Crippen molar-refractivity contribution in [2.75, 3.05) is 32.7 Å². The summed E-state index contributed by atoms with van der Waals surface area (Å²) >= 11 is 0. The van der Waals surface area contributed by atoms with Crippen molar-refractivity contribution in [2.24, 2.45) is 0 Å². The standard InChI is InChI=1S/C15H29N3/c1-2-16-13-5-3-6-14(11-13)18-10-9-17-8-4-7-15(17)12-18/h13-16H,2-12H2,1H3. The Morgan fingerprint density at radius 2 is 1.78 bits per heavy atom. The van der Waals surface area contributed by atoms with Crippen LogP contribution in [0.2, 0.25) is 0 Å². The lowest BCUT2D eigenvalue weighted by Crippen LogP contribution is -2.55. The van der Waals surface area contributed by atoms with E-state index >= 15 is 0 Å². The molecule has 1 saturated carbocycles. The van der Waals surface area contributed by atoms with Gasteiger partial charge in [0.05, 0.1) is 0 Å². The Labute approximate surface area is 112 Å². The van der Waals surface area contributed by atoms with Gasteiger partial charge in [0, 0.05) is 37.8 Å². The molecular weight excluding hydrogens is 222 g/mol. The fraction of sp³-hybridized carbons (Fsp3) is 1.00. The number of rotatable bonds is 3. The van der Waals surface area contributed by atoms with E-state index in [4.69, 9.17) is 0 Å². The number of fused-ring (bicyclic) bond motifs is 1. The Morgan fingerprint density at radius 1 is 0.944 bits per heavy atom. The van der Waals surface area contributed by atoms with E-state index in [0.29, 0.717) is 0 Å². The van der Waals surface area contributed by atoms with Crippen LogP contribution in [0, 0.1) is 0 Å². The van der Waals surface area contributed by atoms with Gasteiger partial charge in [-0.3, -0.25) is 9.80 Å². The van der Waals surface area contributed by atoms with Gasteiger partial charge in [-0.05, 0) is 45.2 Å². The molecule has 3 nitrogen and oxygen atoms in total. The Hall–Kier alpha value is -0.120. The molecule has 0 aromatic heterocycles. The molecule has 3 atom stereocenters. The highest BCUT2D eigenvalue weighted by atomic mass is 15.3. The highest BCUT2D eigenvalue weighted by Gasteiger charge is 2.34. The van der Waals surface area contributed by atoms with Crippen molar-refractivity contribution in [1.29, 1.82) is 0 Å². The van der Waals surface area contributed by atoms with E-state index in [0.717, 1.165) is 24.7 Å². The van der Waals surface area contributed by atoms with Crippen molar-refractivity contribution in [3.05, 3.63) is 0 Å². The zero-order chi connectivity index (χ0) is 12.4. The van der Waals surface area contributed by atoms with Gasteiger partial charge in [0.15, 0.2) is 0 Å². The molecule has 3 heteroatoms. The molecule has 0 radical (unpaired) electrons. The van der Waals surface area contributed by atoms with Crippen LogP contribution in [0.5, 0.6) is 0 Å². The van der Waals surface area contributed by atoms with Crippen LogP contribution in [0.15, 0.2) is 0 Å². The van der Waals surface area contributed by atoms with Gasteiger partial charge in [-0.25, -0.2) is 0 Å². The molecule has 1 N–H and O–H groups in total. The van der Waals surface area contributed by atoms with Crippen molar-refractivity contribution in [3.63, 3.8) is 0 Å². The molecule has 0 aromatic rings. The van der Waals surface area contributed by atoms with Crippen LogP contribution in [-0.4, -0.2) is 60.6 Å². The van der Waals surface area contributed by atoms with E-state index in [9.17, 15) is 0 Å². The average Bonchev–Trinajstić information content (AvgIpc) is 2.86. The molecule has 3 rings (SSSR count). The topological polar surface area (TPSA) is 18.5 Å². The zero-order valence-electron chi connectivity index (χ0n) is 11.9. The number of hydrogen-bond acceptors (Lipinski definition) is 3. The molecular formula is C15H29N3. The Bertz CT molecular complexity index is 266. The summed E-state index contributed by atoms with van der Waals surface area (Å²) in [7, 11) is 0. The fourth-order valence-corrected chi connectivity index (χ4v) is 4.32. The third-order valence-electron chi connectivity index (χ3n) is 5.27. The van der Waals surface area contributed by atoms with E-state index in [1.165, 1.54) is 64.7 Å². The Balaban J connectivity index is 1.54. The van der Waals surface area contributed by atoms with Crippen LogP contribution in [0.3, 0.4) is 0 Å². The van der Waals surface area contributed by atoms with Gasteiger partial charge in [0.1, 0.15) is 0 Å². The Morgan fingerprint density at radius 3 is 2.67 bits per heavy atom. The summed E-state index contributed by atoms with van der Waals surface area (Å²) in [5.74, 6) is 0. The van der Waals surface area contributed by atoms with E-state index in [-0.39, 0.29) is 0 Å². The van der Waals surface area contributed by atoms with Crippen LogP contribution in [-0.2, 0) is 0 Å². The van der Waals surface area contributed by atoms with E-state index in [1.807, 2.05) is 0 Å². The molecule has 2 saturated heterocycles. The lowest BCUT2D eigenvalue weighted by Gasteiger charge is -2.44. The summed E-state index contributed by atoms with van der Waals surface area (Å²) in [5, 5.41) is 3.66.